The van der Waals surface area contributed by atoms with Crippen molar-refractivity contribution in [3.63, 3.8) is 0 Å². The number of hydrogen-bond donors (Lipinski definition) is 1. The molecule has 1 aromatic carbocycles. The molecule has 1 rings (SSSR count). The molecule has 0 unspecified atom stereocenters. The molecule has 0 bridgehead atoms. The first-order valence-corrected chi connectivity index (χ1v) is 4.97. The summed E-state index contributed by atoms with van der Waals surface area (Å²) in [5.74, 6) is 0. The zero-order valence-corrected chi connectivity index (χ0v) is 9.06. The summed E-state index contributed by atoms with van der Waals surface area (Å²) in [6.07, 6.45) is 0. The summed E-state index contributed by atoms with van der Waals surface area (Å²) in [7, 11) is 0. The Kier molecular flexibility index (Phi) is 3.94. The Morgan fingerprint density at radius 1 is 1.54 bits per heavy atom. The van der Waals surface area contributed by atoms with Crippen molar-refractivity contribution in [3.05, 3.63) is 33.8 Å². The third kappa shape index (κ3) is 2.55. The minimum Gasteiger partial charge on any atom is -0.313 e. The zero-order chi connectivity index (χ0) is 9.68. The van der Waals surface area contributed by atoms with E-state index < -0.39 is 0 Å². The van der Waals surface area contributed by atoms with Crippen molar-refractivity contribution in [2.45, 2.75) is 13.5 Å². The Hall–Kier alpha value is -0.850. The topological polar surface area (TPSA) is 35.8 Å². The first kappa shape index (κ1) is 10.2. The summed E-state index contributed by atoms with van der Waals surface area (Å²) in [5, 5.41) is 12.0. The van der Waals surface area contributed by atoms with Crippen molar-refractivity contribution in [1.29, 1.82) is 5.26 Å². The molecule has 68 valence electrons. The lowest BCUT2D eigenvalue weighted by molar-refractivity contribution is 0.724. The normalized spacial score (nSPS) is 9.62. The third-order valence-electron chi connectivity index (χ3n) is 1.76. The van der Waals surface area contributed by atoms with Crippen LogP contribution in [-0.2, 0) is 6.54 Å². The van der Waals surface area contributed by atoms with Gasteiger partial charge in [0.2, 0.25) is 0 Å². The highest BCUT2D eigenvalue weighted by atomic mass is 79.9. The Morgan fingerprint density at radius 2 is 2.31 bits per heavy atom. The van der Waals surface area contributed by atoms with Crippen LogP contribution in [0, 0.1) is 11.3 Å². The molecule has 0 saturated carbocycles. The standard InChI is InChI=1S/C10H11BrN2/c1-2-13-7-9-5-3-4-8(6-12)10(9)11/h3-5,13H,2,7H2,1H3. The molecule has 0 atom stereocenters. The largest absolute Gasteiger partial charge is 0.313 e. The summed E-state index contributed by atoms with van der Waals surface area (Å²) < 4.78 is 0.901. The van der Waals surface area contributed by atoms with Crippen LogP contribution >= 0.6 is 15.9 Å². The van der Waals surface area contributed by atoms with Crippen LogP contribution in [0.2, 0.25) is 0 Å². The molecule has 0 spiro atoms. The Balaban J connectivity index is 2.90. The number of nitrogens with zero attached hydrogens (tertiary/aromatic N) is 1. The van der Waals surface area contributed by atoms with E-state index in [2.05, 4.69) is 34.2 Å². The molecule has 13 heavy (non-hydrogen) atoms. The number of nitrogens with one attached hydrogen (secondary N) is 1. The summed E-state index contributed by atoms with van der Waals surface area (Å²) in [6, 6.07) is 7.85. The maximum absolute atomic E-state index is 8.77. The van der Waals surface area contributed by atoms with Gasteiger partial charge in [-0.05, 0) is 34.1 Å². The van der Waals surface area contributed by atoms with Gasteiger partial charge in [0.15, 0.2) is 0 Å². The van der Waals surface area contributed by atoms with Crippen LogP contribution in [0.3, 0.4) is 0 Å². The van der Waals surface area contributed by atoms with E-state index in [1.54, 1.807) is 6.07 Å². The second-order valence-electron chi connectivity index (χ2n) is 2.67. The van der Waals surface area contributed by atoms with Crippen molar-refractivity contribution < 1.29 is 0 Å². The number of hydrogen-bond acceptors (Lipinski definition) is 2. The SMILES string of the molecule is CCNCc1cccc(C#N)c1Br. The molecular formula is C10H11BrN2. The summed E-state index contributed by atoms with van der Waals surface area (Å²) in [5.41, 5.74) is 1.82. The van der Waals surface area contributed by atoms with Gasteiger partial charge < -0.3 is 5.32 Å². The molecule has 0 aliphatic heterocycles. The van der Waals surface area contributed by atoms with Gasteiger partial charge in [-0.25, -0.2) is 0 Å². The minimum atomic E-state index is 0.690. The van der Waals surface area contributed by atoms with E-state index in [-0.39, 0.29) is 0 Å². The lowest BCUT2D eigenvalue weighted by atomic mass is 10.1. The van der Waals surface area contributed by atoms with Crippen molar-refractivity contribution in [2.24, 2.45) is 0 Å². The number of nitriles is 1. The van der Waals surface area contributed by atoms with E-state index in [1.807, 2.05) is 12.1 Å². The molecule has 0 aromatic heterocycles. The third-order valence-corrected chi connectivity index (χ3v) is 2.70. The van der Waals surface area contributed by atoms with Gasteiger partial charge >= 0.3 is 0 Å². The molecule has 0 amide bonds. The maximum atomic E-state index is 8.77. The van der Waals surface area contributed by atoms with Gasteiger partial charge in [-0.1, -0.05) is 19.1 Å². The molecule has 0 radical (unpaired) electrons. The summed E-state index contributed by atoms with van der Waals surface area (Å²) >= 11 is 3.41. The molecule has 1 aromatic rings. The van der Waals surface area contributed by atoms with Gasteiger partial charge in [-0.2, -0.15) is 5.26 Å². The quantitative estimate of drug-likeness (QED) is 0.879. The summed E-state index contributed by atoms with van der Waals surface area (Å²) in [4.78, 5) is 0. The monoisotopic (exact) mass is 238 g/mol. The highest BCUT2D eigenvalue weighted by Gasteiger charge is 2.03. The fourth-order valence-electron chi connectivity index (χ4n) is 1.06. The van der Waals surface area contributed by atoms with E-state index in [1.165, 1.54) is 0 Å². The smallest absolute Gasteiger partial charge is 0.100 e. The van der Waals surface area contributed by atoms with Crippen LogP contribution in [0.5, 0.6) is 0 Å². The van der Waals surface area contributed by atoms with Crippen LogP contribution in [0.4, 0.5) is 0 Å². The van der Waals surface area contributed by atoms with Gasteiger partial charge in [0.1, 0.15) is 6.07 Å². The van der Waals surface area contributed by atoms with Crippen molar-refractivity contribution in [1.82, 2.24) is 5.32 Å². The van der Waals surface area contributed by atoms with Gasteiger partial charge in [0.05, 0.1) is 5.56 Å². The fraction of sp³-hybridized carbons (Fsp3) is 0.300. The van der Waals surface area contributed by atoms with Crippen LogP contribution in [0.1, 0.15) is 18.1 Å². The average Bonchev–Trinajstić information content (AvgIpc) is 2.16. The second kappa shape index (κ2) is 5.00. The van der Waals surface area contributed by atoms with E-state index in [0.29, 0.717) is 5.56 Å². The molecule has 0 aliphatic rings. The maximum Gasteiger partial charge on any atom is 0.100 e. The molecule has 2 nitrogen and oxygen atoms in total. The molecule has 0 saturated heterocycles. The first-order chi connectivity index (χ1) is 6.29. The van der Waals surface area contributed by atoms with Crippen LogP contribution < -0.4 is 5.32 Å². The number of halogens is 1. The molecule has 0 aliphatic carbocycles. The van der Waals surface area contributed by atoms with Crippen molar-refractivity contribution in [3.8, 4) is 6.07 Å². The fourth-order valence-corrected chi connectivity index (χ4v) is 1.56. The van der Waals surface area contributed by atoms with Crippen LogP contribution in [-0.4, -0.2) is 6.54 Å². The molecule has 1 N–H and O–H groups in total. The predicted octanol–water partition coefficient (Wildman–Crippen LogP) is 2.43. The number of benzene rings is 1. The van der Waals surface area contributed by atoms with Crippen molar-refractivity contribution in [2.75, 3.05) is 6.54 Å². The zero-order valence-electron chi connectivity index (χ0n) is 7.47. The Labute approximate surface area is 86.7 Å². The lowest BCUT2D eigenvalue weighted by Crippen LogP contribution is -2.12. The molecule has 3 heteroatoms. The molecule has 0 fully saturated rings. The molecule has 0 heterocycles. The van der Waals surface area contributed by atoms with E-state index in [0.717, 1.165) is 23.1 Å². The minimum absolute atomic E-state index is 0.690. The van der Waals surface area contributed by atoms with Gasteiger partial charge in [-0.3, -0.25) is 0 Å². The van der Waals surface area contributed by atoms with Gasteiger partial charge in [-0.15, -0.1) is 0 Å². The number of rotatable bonds is 3. The highest BCUT2D eigenvalue weighted by Crippen LogP contribution is 2.20. The van der Waals surface area contributed by atoms with E-state index in [4.69, 9.17) is 5.26 Å². The van der Waals surface area contributed by atoms with Gasteiger partial charge in [0, 0.05) is 11.0 Å². The first-order valence-electron chi connectivity index (χ1n) is 4.17. The Bertz CT molecular complexity index is 328. The lowest BCUT2D eigenvalue weighted by Gasteiger charge is -2.05. The highest BCUT2D eigenvalue weighted by molar-refractivity contribution is 9.10. The Morgan fingerprint density at radius 3 is 2.92 bits per heavy atom. The van der Waals surface area contributed by atoms with Gasteiger partial charge in [0.25, 0.3) is 0 Å². The van der Waals surface area contributed by atoms with Crippen LogP contribution in [0.25, 0.3) is 0 Å². The van der Waals surface area contributed by atoms with E-state index >= 15 is 0 Å². The molecular weight excluding hydrogens is 228 g/mol. The predicted molar refractivity (Wildman–Crippen MR) is 56.2 cm³/mol. The second-order valence-corrected chi connectivity index (χ2v) is 3.46. The summed E-state index contributed by atoms with van der Waals surface area (Å²) in [6.45, 7) is 3.79. The van der Waals surface area contributed by atoms with Crippen molar-refractivity contribution >= 4 is 15.9 Å². The van der Waals surface area contributed by atoms with Crippen LogP contribution in [0.15, 0.2) is 22.7 Å². The van der Waals surface area contributed by atoms with E-state index in [9.17, 15) is 0 Å². The average molecular weight is 239 g/mol.